The van der Waals surface area contributed by atoms with Crippen molar-refractivity contribution >= 4 is 28.8 Å². The highest BCUT2D eigenvalue weighted by Gasteiger charge is 2.17. The van der Waals surface area contributed by atoms with E-state index >= 15 is 0 Å². The molecule has 1 aliphatic rings. The average molecular weight is 258 g/mol. The van der Waals surface area contributed by atoms with Gasteiger partial charge in [0.15, 0.2) is 0 Å². The highest BCUT2D eigenvalue weighted by molar-refractivity contribution is 7.80. The molecule has 1 atom stereocenters. The maximum atomic E-state index is 6.03. The summed E-state index contributed by atoms with van der Waals surface area (Å²) in [4.78, 5) is 0.292. The van der Waals surface area contributed by atoms with Crippen molar-refractivity contribution in [2.75, 3.05) is 13.2 Å². The zero-order valence-corrected chi connectivity index (χ0v) is 10.2. The quantitative estimate of drug-likeness (QED) is 0.843. The highest BCUT2D eigenvalue weighted by atomic mass is 35.5. The summed E-state index contributed by atoms with van der Waals surface area (Å²) >= 11 is 10.9. The summed E-state index contributed by atoms with van der Waals surface area (Å²) < 4.78 is 10.9. The van der Waals surface area contributed by atoms with Crippen LogP contribution in [0.3, 0.4) is 0 Å². The van der Waals surface area contributed by atoms with Crippen molar-refractivity contribution in [3.05, 3.63) is 28.8 Å². The summed E-state index contributed by atoms with van der Waals surface area (Å²) in [5, 5.41) is 0.518. The lowest BCUT2D eigenvalue weighted by Crippen LogP contribution is -2.16. The van der Waals surface area contributed by atoms with Gasteiger partial charge in [0.2, 0.25) is 0 Å². The number of hydrogen-bond donors (Lipinski definition) is 1. The molecule has 86 valence electrons. The van der Waals surface area contributed by atoms with Crippen molar-refractivity contribution in [2.24, 2.45) is 5.73 Å². The minimum Gasteiger partial charge on any atom is -0.488 e. The highest BCUT2D eigenvalue weighted by Crippen LogP contribution is 2.24. The fraction of sp³-hybridized carbons (Fsp3) is 0.364. The van der Waals surface area contributed by atoms with E-state index in [1.54, 1.807) is 12.1 Å². The second-order valence-corrected chi connectivity index (χ2v) is 4.46. The molecule has 0 aromatic heterocycles. The first kappa shape index (κ1) is 11.6. The first-order valence-electron chi connectivity index (χ1n) is 5.00. The second-order valence-electron chi connectivity index (χ2n) is 3.61. The standard InChI is InChI=1S/C11H12ClNO2S/c12-10-5-7(1-2-9(10)11(13)16)15-8-3-4-14-6-8/h1-2,5,8H,3-4,6H2,(H2,13,16). The number of ether oxygens (including phenoxy) is 2. The van der Waals surface area contributed by atoms with Crippen LogP contribution < -0.4 is 10.5 Å². The Morgan fingerprint density at radius 2 is 2.38 bits per heavy atom. The molecule has 3 nitrogen and oxygen atoms in total. The summed E-state index contributed by atoms with van der Waals surface area (Å²) in [6.45, 7) is 1.39. The monoisotopic (exact) mass is 257 g/mol. The van der Waals surface area contributed by atoms with Crippen LogP contribution in [0.15, 0.2) is 18.2 Å². The fourth-order valence-electron chi connectivity index (χ4n) is 1.57. The molecular weight excluding hydrogens is 246 g/mol. The Morgan fingerprint density at radius 1 is 1.56 bits per heavy atom. The minimum absolute atomic E-state index is 0.117. The molecule has 1 aromatic rings. The van der Waals surface area contributed by atoms with Gasteiger partial charge in [-0.3, -0.25) is 0 Å². The first-order valence-corrected chi connectivity index (χ1v) is 5.79. The van der Waals surface area contributed by atoms with E-state index < -0.39 is 0 Å². The SMILES string of the molecule is NC(=S)c1ccc(OC2CCOC2)cc1Cl. The maximum Gasteiger partial charge on any atom is 0.124 e. The molecule has 1 fully saturated rings. The van der Waals surface area contributed by atoms with Crippen LogP contribution in [0.2, 0.25) is 5.02 Å². The van der Waals surface area contributed by atoms with Crippen LogP contribution in [0.4, 0.5) is 0 Å². The first-order chi connectivity index (χ1) is 7.66. The third-order valence-electron chi connectivity index (χ3n) is 2.40. The molecule has 0 amide bonds. The lowest BCUT2D eigenvalue weighted by Gasteiger charge is -2.12. The van der Waals surface area contributed by atoms with Gasteiger partial charge in [0.25, 0.3) is 0 Å². The zero-order valence-electron chi connectivity index (χ0n) is 8.61. The van der Waals surface area contributed by atoms with Crippen molar-refractivity contribution < 1.29 is 9.47 Å². The normalized spacial score (nSPS) is 19.7. The molecule has 0 aliphatic carbocycles. The number of hydrogen-bond acceptors (Lipinski definition) is 3. The van der Waals surface area contributed by atoms with E-state index in [1.807, 2.05) is 6.07 Å². The van der Waals surface area contributed by atoms with Gasteiger partial charge in [-0.05, 0) is 18.2 Å². The van der Waals surface area contributed by atoms with E-state index in [2.05, 4.69) is 0 Å². The molecule has 0 saturated carbocycles. The Kier molecular flexibility index (Phi) is 3.63. The van der Waals surface area contributed by atoms with Gasteiger partial charge in [-0.25, -0.2) is 0 Å². The van der Waals surface area contributed by atoms with Gasteiger partial charge >= 0.3 is 0 Å². The van der Waals surface area contributed by atoms with Gasteiger partial charge in [0.05, 0.1) is 18.2 Å². The molecule has 5 heteroatoms. The van der Waals surface area contributed by atoms with Gasteiger partial charge in [-0.1, -0.05) is 23.8 Å². The Bertz CT molecular complexity index is 405. The van der Waals surface area contributed by atoms with Crippen LogP contribution in [0.5, 0.6) is 5.75 Å². The Morgan fingerprint density at radius 3 is 2.94 bits per heavy atom. The van der Waals surface area contributed by atoms with Gasteiger partial charge in [0, 0.05) is 12.0 Å². The van der Waals surface area contributed by atoms with Crippen LogP contribution in [-0.2, 0) is 4.74 Å². The molecule has 0 radical (unpaired) electrons. The minimum atomic E-state index is 0.117. The molecule has 2 N–H and O–H groups in total. The van der Waals surface area contributed by atoms with Crippen LogP contribution >= 0.6 is 23.8 Å². The van der Waals surface area contributed by atoms with Gasteiger partial charge < -0.3 is 15.2 Å². The fourth-order valence-corrected chi connectivity index (χ4v) is 2.07. The lowest BCUT2D eigenvalue weighted by molar-refractivity contribution is 0.141. The topological polar surface area (TPSA) is 44.5 Å². The number of thiocarbonyl (C=S) groups is 1. The van der Waals surface area contributed by atoms with Crippen LogP contribution in [0.1, 0.15) is 12.0 Å². The van der Waals surface area contributed by atoms with Gasteiger partial charge in [-0.15, -0.1) is 0 Å². The Balaban J connectivity index is 2.11. The predicted octanol–water partition coefficient (Wildman–Crippen LogP) is 2.14. The summed E-state index contributed by atoms with van der Waals surface area (Å²) in [7, 11) is 0. The molecule has 0 bridgehead atoms. The molecule has 16 heavy (non-hydrogen) atoms. The van der Waals surface area contributed by atoms with Crippen molar-refractivity contribution in [1.29, 1.82) is 0 Å². The van der Waals surface area contributed by atoms with Crippen molar-refractivity contribution in [3.8, 4) is 5.75 Å². The molecule has 2 rings (SSSR count). The number of nitrogens with two attached hydrogens (primary N) is 1. The molecule has 1 aliphatic heterocycles. The van der Waals surface area contributed by atoms with Crippen LogP contribution in [0, 0.1) is 0 Å². The van der Waals surface area contributed by atoms with Crippen molar-refractivity contribution in [1.82, 2.24) is 0 Å². The number of halogens is 1. The van der Waals surface area contributed by atoms with Crippen LogP contribution in [0.25, 0.3) is 0 Å². The van der Waals surface area contributed by atoms with E-state index in [-0.39, 0.29) is 6.10 Å². The van der Waals surface area contributed by atoms with E-state index in [1.165, 1.54) is 0 Å². The van der Waals surface area contributed by atoms with Crippen LogP contribution in [-0.4, -0.2) is 24.3 Å². The summed E-state index contributed by atoms with van der Waals surface area (Å²) in [5.41, 5.74) is 6.19. The van der Waals surface area contributed by atoms with E-state index in [0.29, 0.717) is 22.2 Å². The third-order valence-corrected chi connectivity index (χ3v) is 2.93. The van der Waals surface area contributed by atoms with Crippen molar-refractivity contribution in [2.45, 2.75) is 12.5 Å². The average Bonchev–Trinajstić information content (AvgIpc) is 2.70. The molecule has 0 spiro atoms. The third kappa shape index (κ3) is 2.64. The predicted molar refractivity (Wildman–Crippen MR) is 67.2 cm³/mol. The molecule has 1 saturated heterocycles. The zero-order chi connectivity index (χ0) is 11.5. The van der Waals surface area contributed by atoms with Gasteiger partial charge in [-0.2, -0.15) is 0 Å². The largest absolute Gasteiger partial charge is 0.488 e. The van der Waals surface area contributed by atoms with Crippen molar-refractivity contribution in [3.63, 3.8) is 0 Å². The molecular formula is C11H12ClNO2S. The summed E-state index contributed by atoms with van der Waals surface area (Å²) in [6.07, 6.45) is 1.03. The molecule has 1 unspecified atom stereocenters. The van der Waals surface area contributed by atoms with Gasteiger partial charge in [0.1, 0.15) is 16.8 Å². The summed E-state index contributed by atoms with van der Waals surface area (Å²) in [6, 6.07) is 5.32. The van der Waals surface area contributed by atoms with E-state index in [0.717, 1.165) is 18.8 Å². The molecule has 1 heterocycles. The lowest BCUT2D eigenvalue weighted by atomic mass is 10.2. The number of benzene rings is 1. The smallest absolute Gasteiger partial charge is 0.124 e. The summed E-state index contributed by atoms with van der Waals surface area (Å²) in [5.74, 6) is 0.723. The van der Waals surface area contributed by atoms with E-state index in [4.69, 9.17) is 39.0 Å². The van der Waals surface area contributed by atoms with E-state index in [9.17, 15) is 0 Å². The Labute approximate surface area is 104 Å². The maximum absolute atomic E-state index is 6.03. The second kappa shape index (κ2) is 4.99. The Hall–Kier alpha value is -0.840. The molecule has 1 aromatic carbocycles. The number of rotatable bonds is 3.